The van der Waals surface area contributed by atoms with Gasteiger partial charge in [0.25, 0.3) is 0 Å². The van der Waals surface area contributed by atoms with E-state index in [0.717, 1.165) is 4.90 Å². The number of guanidine groups is 2. The summed E-state index contributed by atoms with van der Waals surface area (Å²) in [7, 11) is 0. The number of rotatable bonds is 4. The minimum absolute atomic E-state index is 0.0127. The Morgan fingerprint density at radius 2 is 1.83 bits per heavy atom. The molecule has 7 N–H and O–H groups in total. The molecule has 0 amide bonds. The van der Waals surface area contributed by atoms with E-state index in [9.17, 15) is 4.79 Å². The maximum Gasteiger partial charge on any atom is 0.313 e. The molecule has 0 aromatic heterocycles. The first kappa shape index (κ1) is 13.8. The smallest absolute Gasteiger partial charge is 0.313 e. The maximum absolute atomic E-state index is 10.4. The van der Waals surface area contributed by atoms with Gasteiger partial charge in [-0.1, -0.05) is 0 Å². The fourth-order valence-electron chi connectivity index (χ4n) is 1.05. The zero-order chi connectivity index (χ0) is 13.5. The van der Waals surface area contributed by atoms with Crippen LogP contribution in [0.2, 0.25) is 0 Å². The topological polar surface area (TPSA) is 140 Å². The van der Waals surface area contributed by atoms with Crippen molar-refractivity contribution in [2.75, 3.05) is 5.75 Å². The van der Waals surface area contributed by atoms with Gasteiger partial charge < -0.3 is 22.3 Å². The molecule has 0 aliphatic carbocycles. The first-order valence-electron chi connectivity index (χ1n) is 4.86. The fraction of sp³-hybridized carbons (Fsp3) is 0.100. The van der Waals surface area contributed by atoms with E-state index in [4.69, 9.17) is 22.3 Å². The van der Waals surface area contributed by atoms with E-state index in [1.165, 1.54) is 11.8 Å². The lowest BCUT2D eigenvalue weighted by atomic mass is 10.3. The summed E-state index contributed by atoms with van der Waals surface area (Å²) >= 11 is 1.22. The number of carbonyl (C=O) groups is 1. The maximum atomic E-state index is 10.4. The van der Waals surface area contributed by atoms with Crippen LogP contribution < -0.4 is 17.2 Å². The molecule has 0 fully saturated rings. The molecule has 1 aromatic rings. The van der Waals surface area contributed by atoms with Crippen LogP contribution in [0.15, 0.2) is 39.1 Å². The highest BCUT2D eigenvalue weighted by Gasteiger charge is 2.00. The molecule has 0 saturated heterocycles. The number of hydrogen-bond donors (Lipinski definition) is 4. The molecule has 1 rings (SSSR count). The van der Waals surface area contributed by atoms with Gasteiger partial charge in [0, 0.05) is 4.90 Å². The van der Waals surface area contributed by atoms with Gasteiger partial charge in [-0.15, -0.1) is 11.8 Å². The number of nitrogens with zero attached hydrogens (tertiary/aromatic N) is 2. The van der Waals surface area contributed by atoms with Gasteiger partial charge in [0.05, 0.1) is 11.4 Å². The van der Waals surface area contributed by atoms with Crippen LogP contribution in [0.4, 0.5) is 5.69 Å². The average molecular weight is 267 g/mol. The van der Waals surface area contributed by atoms with Crippen LogP contribution in [0, 0.1) is 0 Å². The number of aliphatic imine (C=N–C) groups is 2. The molecule has 0 aliphatic rings. The number of carboxylic acid groups (broad SMARTS) is 1. The quantitative estimate of drug-likeness (QED) is 0.346. The number of aliphatic carboxylic acids is 1. The highest BCUT2D eigenvalue weighted by Crippen LogP contribution is 2.21. The predicted molar refractivity (Wildman–Crippen MR) is 71.9 cm³/mol. The van der Waals surface area contributed by atoms with Gasteiger partial charge in [0.2, 0.25) is 5.96 Å². The van der Waals surface area contributed by atoms with Crippen molar-refractivity contribution in [2.24, 2.45) is 27.2 Å². The second-order valence-corrected chi connectivity index (χ2v) is 4.23. The molecule has 0 saturated carbocycles. The molecule has 0 bridgehead atoms. The first-order valence-corrected chi connectivity index (χ1v) is 5.84. The lowest BCUT2D eigenvalue weighted by Gasteiger charge is -1.99. The second-order valence-electron chi connectivity index (χ2n) is 3.18. The molecule has 0 aliphatic heterocycles. The van der Waals surface area contributed by atoms with E-state index in [1.807, 2.05) is 0 Å². The highest BCUT2D eigenvalue weighted by atomic mass is 32.2. The van der Waals surface area contributed by atoms with Gasteiger partial charge >= 0.3 is 5.97 Å². The van der Waals surface area contributed by atoms with Gasteiger partial charge in [0.1, 0.15) is 0 Å². The molecule has 0 radical (unpaired) electrons. The molecule has 18 heavy (non-hydrogen) atoms. The van der Waals surface area contributed by atoms with Crippen LogP contribution in [-0.2, 0) is 4.79 Å². The minimum atomic E-state index is -0.862. The van der Waals surface area contributed by atoms with Crippen LogP contribution >= 0.6 is 11.8 Å². The molecule has 1 aromatic carbocycles. The summed E-state index contributed by atoms with van der Waals surface area (Å²) in [4.78, 5) is 18.7. The number of nitrogens with two attached hydrogens (primary N) is 3. The molecule has 0 spiro atoms. The number of thioether (sulfide) groups is 1. The summed E-state index contributed by atoms with van der Waals surface area (Å²) in [5, 5.41) is 8.53. The average Bonchev–Trinajstić information content (AvgIpc) is 2.26. The van der Waals surface area contributed by atoms with Crippen LogP contribution in [0.1, 0.15) is 0 Å². The van der Waals surface area contributed by atoms with Crippen LogP contribution in [0.3, 0.4) is 0 Å². The normalized spacial score (nSPS) is 11.0. The molecule has 0 atom stereocenters. The van der Waals surface area contributed by atoms with Crippen LogP contribution in [0.25, 0.3) is 0 Å². The highest BCUT2D eigenvalue weighted by molar-refractivity contribution is 8.00. The zero-order valence-electron chi connectivity index (χ0n) is 9.41. The number of benzene rings is 1. The van der Waals surface area contributed by atoms with E-state index in [0.29, 0.717) is 5.69 Å². The van der Waals surface area contributed by atoms with Crippen LogP contribution in [-0.4, -0.2) is 28.7 Å². The molecule has 96 valence electrons. The van der Waals surface area contributed by atoms with Gasteiger partial charge in [-0.05, 0) is 24.3 Å². The number of carboxylic acids is 1. The molecular weight excluding hydrogens is 254 g/mol. The Hall–Kier alpha value is -2.22. The molecule has 7 nitrogen and oxygen atoms in total. The third-order valence-electron chi connectivity index (χ3n) is 1.69. The van der Waals surface area contributed by atoms with Crippen molar-refractivity contribution in [2.45, 2.75) is 4.90 Å². The second kappa shape index (κ2) is 6.50. The van der Waals surface area contributed by atoms with Crippen molar-refractivity contribution in [3.05, 3.63) is 24.3 Å². The van der Waals surface area contributed by atoms with Crippen molar-refractivity contribution in [3.63, 3.8) is 0 Å². The Balaban J connectivity index is 2.71. The Labute approximate surface area is 108 Å². The Morgan fingerprint density at radius 3 is 2.33 bits per heavy atom. The molecule has 0 unspecified atom stereocenters. The summed E-state index contributed by atoms with van der Waals surface area (Å²) in [5.41, 5.74) is 16.3. The van der Waals surface area contributed by atoms with Gasteiger partial charge in [0.15, 0.2) is 5.96 Å². The SMILES string of the molecule is NC(N)=NC(N)=Nc1ccc(SCC(=O)O)cc1. The third-order valence-corrected chi connectivity index (χ3v) is 2.68. The summed E-state index contributed by atoms with van der Waals surface area (Å²) in [6.07, 6.45) is 0. The van der Waals surface area contributed by atoms with Gasteiger partial charge in [-0.3, -0.25) is 4.79 Å². The van der Waals surface area contributed by atoms with Crippen LogP contribution in [0.5, 0.6) is 0 Å². The van der Waals surface area contributed by atoms with Crippen molar-refractivity contribution in [1.29, 1.82) is 0 Å². The lowest BCUT2D eigenvalue weighted by molar-refractivity contribution is -0.133. The predicted octanol–water partition coefficient (Wildman–Crippen LogP) is 0.0829. The summed E-state index contributed by atoms with van der Waals surface area (Å²) in [6.45, 7) is 0. The Morgan fingerprint density at radius 1 is 1.22 bits per heavy atom. The summed E-state index contributed by atoms with van der Waals surface area (Å²) in [6, 6.07) is 6.88. The van der Waals surface area contributed by atoms with Crippen molar-refractivity contribution in [1.82, 2.24) is 0 Å². The zero-order valence-corrected chi connectivity index (χ0v) is 10.2. The molecule has 0 heterocycles. The Kier molecular flexibility index (Phi) is 5.00. The van der Waals surface area contributed by atoms with Gasteiger partial charge in [-0.25, -0.2) is 4.99 Å². The first-order chi connectivity index (χ1) is 8.47. The van der Waals surface area contributed by atoms with Crippen molar-refractivity contribution < 1.29 is 9.90 Å². The Bertz CT molecular complexity index is 480. The van der Waals surface area contributed by atoms with E-state index < -0.39 is 5.97 Å². The van der Waals surface area contributed by atoms with Crippen molar-refractivity contribution >= 4 is 35.3 Å². The van der Waals surface area contributed by atoms with E-state index >= 15 is 0 Å². The molecular formula is C10H13N5O2S. The number of hydrogen-bond acceptors (Lipinski definition) is 3. The summed E-state index contributed by atoms with van der Waals surface area (Å²) in [5.74, 6) is -1.05. The largest absolute Gasteiger partial charge is 0.481 e. The third kappa shape index (κ3) is 5.21. The standard InChI is InChI=1S/C10H13N5O2S/c11-9(12)15-10(13)14-6-1-3-7(4-2-6)18-5-8(16)17/h1-4H,5H2,(H,16,17)(H6,11,12,13,14,15). The fourth-order valence-corrected chi connectivity index (χ4v) is 1.67. The lowest BCUT2D eigenvalue weighted by Crippen LogP contribution is -2.26. The van der Waals surface area contributed by atoms with E-state index in [1.54, 1.807) is 24.3 Å². The summed E-state index contributed by atoms with van der Waals surface area (Å²) < 4.78 is 0. The molecule has 8 heteroatoms. The van der Waals surface area contributed by atoms with E-state index in [2.05, 4.69) is 9.98 Å². The van der Waals surface area contributed by atoms with Gasteiger partial charge in [-0.2, -0.15) is 4.99 Å². The van der Waals surface area contributed by atoms with Crippen molar-refractivity contribution in [3.8, 4) is 0 Å². The van der Waals surface area contributed by atoms with E-state index in [-0.39, 0.29) is 17.7 Å². The monoisotopic (exact) mass is 267 g/mol. The minimum Gasteiger partial charge on any atom is -0.481 e.